The first-order chi connectivity index (χ1) is 11.1. The summed E-state index contributed by atoms with van der Waals surface area (Å²) in [6.45, 7) is 9.29. The van der Waals surface area contributed by atoms with Crippen molar-refractivity contribution in [1.29, 1.82) is 0 Å². The van der Waals surface area contributed by atoms with Gasteiger partial charge in [-0.3, -0.25) is 9.59 Å². The number of hydrogen-bond donors (Lipinski definition) is 1. The van der Waals surface area contributed by atoms with Gasteiger partial charge in [0.2, 0.25) is 11.8 Å². The average Bonchev–Trinajstić information content (AvgIpc) is 3.29. The van der Waals surface area contributed by atoms with E-state index in [0.29, 0.717) is 11.3 Å². The molecule has 23 heavy (non-hydrogen) atoms. The quantitative estimate of drug-likeness (QED) is 0.853. The first kappa shape index (κ1) is 16.7. The molecular weight excluding hydrogens is 290 g/mol. The van der Waals surface area contributed by atoms with Crippen molar-refractivity contribution < 1.29 is 9.59 Å². The van der Waals surface area contributed by atoms with Crippen molar-refractivity contribution in [1.82, 2.24) is 15.1 Å². The lowest BCUT2D eigenvalue weighted by Crippen LogP contribution is -2.45. The van der Waals surface area contributed by atoms with Crippen molar-refractivity contribution in [2.45, 2.75) is 46.0 Å². The van der Waals surface area contributed by atoms with Crippen LogP contribution in [0, 0.1) is 17.3 Å². The molecule has 2 amide bonds. The van der Waals surface area contributed by atoms with Crippen LogP contribution in [0.5, 0.6) is 0 Å². The van der Waals surface area contributed by atoms with Gasteiger partial charge in [0.15, 0.2) is 0 Å². The van der Waals surface area contributed by atoms with Crippen molar-refractivity contribution in [3.8, 4) is 0 Å². The van der Waals surface area contributed by atoms with E-state index in [1.54, 1.807) is 0 Å². The van der Waals surface area contributed by atoms with E-state index < -0.39 is 0 Å². The first-order valence-electron chi connectivity index (χ1n) is 9.39. The Bertz CT molecular complexity index is 447. The number of hydrogen-bond acceptors (Lipinski definition) is 3. The van der Waals surface area contributed by atoms with Gasteiger partial charge < -0.3 is 15.1 Å². The van der Waals surface area contributed by atoms with Crippen LogP contribution in [0.1, 0.15) is 46.0 Å². The molecule has 2 aliphatic heterocycles. The predicted molar refractivity (Wildman–Crippen MR) is 89.9 cm³/mol. The molecule has 3 rings (SSSR count). The Morgan fingerprint density at radius 1 is 1.13 bits per heavy atom. The highest BCUT2D eigenvalue weighted by atomic mass is 16.2. The van der Waals surface area contributed by atoms with Crippen molar-refractivity contribution >= 4 is 11.8 Å². The van der Waals surface area contributed by atoms with Crippen molar-refractivity contribution in [3.05, 3.63) is 0 Å². The largest absolute Gasteiger partial charge is 0.343 e. The highest BCUT2D eigenvalue weighted by molar-refractivity contribution is 5.83. The van der Waals surface area contributed by atoms with Crippen LogP contribution >= 0.6 is 0 Å². The number of rotatable bonds is 4. The Kier molecular flexibility index (Phi) is 4.95. The van der Waals surface area contributed by atoms with Crippen LogP contribution in [0.25, 0.3) is 0 Å². The van der Waals surface area contributed by atoms with E-state index in [1.807, 2.05) is 23.6 Å². The van der Waals surface area contributed by atoms with Crippen LogP contribution in [0.15, 0.2) is 0 Å². The van der Waals surface area contributed by atoms with Crippen LogP contribution < -0.4 is 5.32 Å². The minimum Gasteiger partial charge on any atom is -0.343 e. The molecule has 3 fully saturated rings. The van der Waals surface area contributed by atoms with E-state index in [-0.39, 0.29) is 17.7 Å². The normalized spacial score (nSPS) is 27.0. The van der Waals surface area contributed by atoms with Crippen molar-refractivity contribution in [2.75, 3.05) is 39.3 Å². The van der Waals surface area contributed by atoms with Gasteiger partial charge in [0, 0.05) is 38.0 Å². The molecule has 1 atom stereocenters. The number of amides is 2. The number of nitrogens with zero attached hydrogens (tertiary/aromatic N) is 2. The van der Waals surface area contributed by atoms with Gasteiger partial charge in [-0.2, -0.15) is 0 Å². The van der Waals surface area contributed by atoms with E-state index >= 15 is 0 Å². The molecule has 2 saturated heterocycles. The number of piperidine rings is 2. The van der Waals surface area contributed by atoms with Gasteiger partial charge >= 0.3 is 0 Å². The Morgan fingerprint density at radius 3 is 2.30 bits per heavy atom. The SMILES string of the molecule is CCN(CC)C(=O)C1CCN(C(=O)C2CC23CCNCC3)CC1. The molecule has 1 unspecified atom stereocenters. The summed E-state index contributed by atoms with van der Waals surface area (Å²) >= 11 is 0. The molecule has 1 N–H and O–H groups in total. The zero-order valence-corrected chi connectivity index (χ0v) is 14.6. The lowest BCUT2D eigenvalue weighted by molar-refractivity contribution is -0.141. The lowest BCUT2D eigenvalue weighted by Gasteiger charge is -2.34. The van der Waals surface area contributed by atoms with Crippen LogP contribution in [0.2, 0.25) is 0 Å². The monoisotopic (exact) mass is 321 g/mol. The molecule has 1 aliphatic carbocycles. The molecule has 0 aromatic rings. The van der Waals surface area contributed by atoms with Crippen molar-refractivity contribution in [2.24, 2.45) is 17.3 Å². The standard InChI is InChI=1S/C18H31N3O2/c1-3-20(4-2)16(22)14-5-11-21(12-6-14)17(23)15-13-18(15)7-9-19-10-8-18/h14-15,19H,3-13H2,1-2H3. The first-order valence-corrected chi connectivity index (χ1v) is 9.39. The fourth-order valence-electron chi connectivity index (χ4n) is 4.53. The molecule has 5 nitrogen and oxygen atoms in total. The lowest BCUT2D eigenvalue weighted by atomic mass is 9.90. The fourth-order valence-corrected chi connectivity index (χ4v) is 4.53. The van der Waals surface area contributed by atoms with Crippen LogP contribution in [-0.4, -0.2) is 60.9 Å². The Morgan fingerprint density at radius 2 is 1.74 bits per heavy atom. The second kappa shape index (κ2) is 6.80. The minimum atomic E-state index is 0.117. The summed E-state index contributed by atoms with van der Waals surface area (Å²) in [6.07, 6.45) is 5.07. The van der Waals surface area contributed by atoms with Crippen LogP contribution in [0.3, 0.4) is 0 Å². The van der Waals surface area contributed by atoms with Gasteiger partial charge in [-0.05, 0) is 64.5 Å². The number of carbonyl (C=O) groups is 2. The summed E-state index contributed by atoms with van der Waals surface area (Å²) in [5.74, 6) is 1.02. The van der Waals surface area contributed by atoms with E-state index in [2.05, 4.69) is 5.32 Å². The minimum absolute atomic E-state index is 0.117. The summed E-state index contributed by atoms with van der Waals surface area (Å²) in [7, 11) is 0. The average molecular weight is 321 g/mol. The van der Waals surface area contributed by atoms with E-state index in [9.17, 15) is 9.59 Å². The van der Waals surface area contributed by atoms with Gasteiger partial charge in [0.05, 0.1) is 0 Å². The van der Waals surface area contributed by atoms with E-state index in [0.717, 1.165) is 71.4 Å². The summed E-state index contributed by atoms with van der Waals surface area (Å²) in [4.78, 5) is 29.2. The third-order valence-corrected chi connectivity index (χ3v) is 6.32. The smallest absolute Gasteiger partial charge is 0.226 e. The number of nitrogens with one attached hydrogen (secondary N) is 1. The van der Waals surface area contributed by atoms with Gasteiger partial charge in [0.1, 0.15) is 0 Å². The van der Waals surface area contributed by atoms with Crippen molar-refractivity contribution in [3.63, 3.8) is 0 Å². The molecule has 1 spiro atoms. The maximum absolute atomic E-state index is 12.8. The molecule has 1 saturated carbocycles. The third-order valence-electron chi connectivity index (χ3n) is 6.32. The topological polar surface area (TPSA) is 52.7 Å². The molecule has 5 heteroatoms. The van der Waals surface area contributed by atoms with Gasteiger partial charge in [-0.25, -0.2) is 0 Å². The van der Waals surface area contributed by atoms with Gasteiger partial charge in [-0.15, -0.1) is 0 Å². The predicted octanol–water partition coefficient (Wildman–Crippen LogP) is 1.48. The maximum Gasteiger partial charge on any atom is 0.226 e. The van der Waals surface area contributed by atoms with Gasteiger partial charge in [0.25, 0.3) is 0 Å². The molecule has 0 bridgehead atoms. The number of carbonyl (C=O) groups excluding carboxylic acids is 2. The van der Waals surface area contributed by atoms with Crippen LogP contribution in [-0.2, 0) is 9.59 Å². The third kappa shape index (κ3) is 3.25. The summed E-state index contributed by atoms with van der Waals surface area (Å²) in [5, 5.41) is 3.39. The maximum atomic E-state index is 12.8. The molecule has 0 aromatic heterocycles. The van der Waals surface area contributed by atoms with E-state index in [4.69, 9.17) is 0 Å². The van der Waals surface area contributed by atoms with Crippen LogP contribution in [0.4, 0.5) is 0 Å². The second-order valence-corrected chi connectivity index (χ2v) is 7.48. The molecule has 3 aliphatic rings. The molecule has 2 heterocycles. The second-order valence-electron chi connectivity index (χ2n) is 7.48. The summed E-state index contributed by atoms with van der Waals surface area (Å²) in [5.41, 5.74) is 0.316. The number of likely N-dealkylation sites (tertiary alicyclic amines) is 1. The Balaban J connectivity index is 1.49. The van der Waals surface area contributed by atoms with Gasteiger partial charge in [-0.1, -0.05) is 0 Å². The highest BCUT2D eigenvalue weighted by Gasteiger charge is 2.58. The van der Waals surface area contributed by atoms with E-state index in [1.165, 1.54) is 0 Å². The molecule has 0 radical (unpaired) electrons. The Hall–Kier alpha value is -1.10. The summed E-state index contributed by atoms with van der Waals surface area (Å²) < 4.78 is 0. The molecule has 0 aromatic carbocycles. The highest BCUT2D eigenvalue weighted by Crippen LogP contribution is 2.59. The summed E-state index contributed by atoms with van der Waals surface area (Å²) in [6, 6.07) is 0. The zero-order valence-electron chi connectivity index (χ0n) is 14.6. The molecular formula is C18H31N3O2. The molecule has 130 valence electrons. The zero-order chi connectivity index (χ0) is 16.4. The fraction of sp³-hybridized carbons (Fsp3) is 0.889. The Labute approximate surface area is 139 Å².